The molecule has 0 radical (unpaired) electrons. The molecule has 0 unspecified atom stereocenters. The number of rotatable bonds is 2. The maximum absolute atomic E-state index is 2.14. The molecule has 0 heterocycles. The zero-order valence-electron chi connectivity index (χ0n) is 7.16. The Morgan fingerprint density at radius 1 is 1.09 bits per heavy atom. The van der Waals surface area contributed by atoms with Gasteiger partial charge in [0.25, 0.3) is 0 Å². The molecule has 0 amide bonds. The molecule has 0 N–H and O–H groups in total. The summed E-state index contributed by atoms with van der Waals surface area (Å²) in [5, 5.41) is 0. The summed E-state index contributed by atoms with van der Waals surface area (Å²) in [7, 11) is 4.10. The molecule has 0 spiro atoms. The molecule has 0 saturated carbocycles. The summed E-state index contributed by atoms with van der Waals surface area (Å²) in [6.07, 6.45) is 2.09. The molecule has 0 atom stereocenters. The van der Waals surface area contributed by atoms with Crippen molar-refractivity contribution in [3.63, 3.8) is 0 Å². The maximum atomic E-state index is 2.14. The average Bonchev–Trinajstić information content (AvgIpc) is 2.05. The Hall–Kier alpha value is -0.630. The molecule has 60 valence electrons. The van der Waals surface area contributed by atoms with Gasteiger partial charge in [-0.1, -0.05) is 0 Å². The lowest BCUT2D eigenvalue weighted by molar-refractivity contribution is 1.13. The fourth-order valence-corrected chi connectivity index (χ4v) is 1.29. The summed E-state index contributed by atoms with van der Waals surface area (Å²) in [5.74, 6) is 0. The standard InChI is InChI=1S/C9H13NS/c1-10(2)8-4-6-9(11-3)7-5-8/h4-7H,1-3H3. The molecule has 1 aromatic carbocycles. The normalized spacial score (nSPS) is 9.73. The van der Waals surface area contributed by atoms with Crippen LogP contribution in [0, 0.1) is 0 Å². The van der Waals surface area contributed by atoms with Gasteiger partial charge in [-0.15, -0.1) is 11.8 Å². The Bertz CT molecular complexity index is 216. The van der Waals surface area contributed by atoms with Gasteiger partial charge in [-0.3, -0.25) is 0 Å². The minimum absolute atomic E-state index is 1.25. The van der Waals surface area contributed by atoms with Crippen molar-refractivity contribution in [2.24, 2.45) is 0 Å². The predicted octanol–water partition coefficient (Wildman–Crippen LogP) is 2.47. The molecule has 0 aliphatic rings. The SMILES string of the molecule is CSc1ccc(N(C)C)cc1. The molecular weight excluding hydrogens is 154 g/mol. The van der Waals surface area contributed by atoms with Gasteiger partial charge in [-0.05, 0) is 30.5 Å². The molecule has 0 saturated heterocycles. The Kier molecular flexibility index (Phi) is 2.83. The molecule has 0 fully saturated rings. The monoisotopic (exact) mass is 167 g/mol. The molecule has 2 heteroatoms. The number of thioether (sulfide) groups is 1. The van der Waals surface area contributed by atoms with Gasteiger partial charge in [0, 0.05) is 24.7 Å². The molecule has 0 aliphatic heterocycles. The fourth-order valence-electron chi connectivity index (χ4n) is 0.880. The fraction of sp³-hybridized carbons (Fsp3) is 0.333. The van der Waals surface area contributed by atoms with E-state index in [4.69, 9.17) is 0 Å². The van der Waals surface area contributed by atoms with Crippen LogP contribution in [0.2, 0.25) is 0 Å². The highest BCUT2D eigenvalue weighted by Crippen LogP contribution is 2.18. The Balaban J connectivity index is 2.83. The van der Waals surface area contributed by atoms with Crippen molar-refractivity contribution in [3.8, 4) is 0 Å². The molecule has 1 aromatic rings. The third kappa shape index (κ3) is 2.15. The Labute approximate surface area is 72.4 Å². The van der Waals surface area contributed by atoms with Crippen LogP contribution < -0.4 is 4.90 Å². The Morgan fingerprint density at radius 3 is 2.00 bits per heavy atom. The number of hydrogen-bond donors (Lipinski definition) is 0. The van der Waals surface area contributed by atoms with Gasteiger partial charge in [0.05, 0.1) is 0 Å². The van der Waals surface area contributed by atoms with E-state index in [1.165, 1.54) is 10.6 Å². The summed E-state index contributed by atoms with van der Waals surface area (Å²) in [4.78, 5) is 3.42. The quantitative estimate of drug-likeness (QED) is 0.622. The van der Waals surface area contributed by atoms with Crippen LogP contribution in [-0.4, -0.2) is 20.4 Å². The van der Waals surface area contributed by atoms with Crippen LogP contribution in [0.3, 0.4) is 0 Å². The summed E-state index contributed by atoms with van der Waals surface area (Å²) < 4.78 is 0. The third-order valence-electron chi connectivity index (χ3n) is 1.59. The van der Waals surface area contributed by atoms with Gasteiger partial charge in [0.15, 0.2) is 0 Å². The first-order valence-electron chi connectivity index (χ1n) is 3.55. The van der Waals surface area contributed by atoms with Crippen molar-refractivity contribution in [1.29, 1.82) is 0 Å². The first-order valence-corrected chi connectivity index (χ1v) is 4.78. The van der Waals surface area contributed by atoms with Gasteiger partial charge >= 0.3 is 0 Å². The van der Waals surface area contributed by atoms with E-state index in [0.717, 1.165) is 0 Å². The zero-order valence-corrected chi connectivity index (χ0v) is 7.98. The van der Waals surface area contributed by atoms with E-state index >= 15 is 0 Å². The number of anilines is 1. The van der Waals surface area contributed by atoms with E-state index in [0.29, 0.717) is 0 Å². The molecule has 0 bridgehead atoms. The van der Waals surface area contributed by atoms with Gasteiger partial charge in [-0.2, -0.15) is 0 Å². The van der Waals surface area contributed by atoms with E-state index in [9.17, 15) is 0 Å². The van der Waals surface area contributed by atoms with Crippen molar-refractivity contribution in [2.75, 3.05) is 25.3 Å². The van der Waals surface area contributed by atoms with Crippen molar-refractivity contribution in [2.45, 2.75) is 4.90 Å². The van der Waals surface area contributed by atoms with E-state index in [1.54, 1.807) is 11.8 Å². The summed E-state index contributed by atoms with van der Waals surface area (Å²) in [5.41, 5.74) is 1.25. The van der Waals surface area contributed by atoms with E-state index in [-0.39, 0.29) is 0 Å². The van der Waals surface area contributed by atoms with Crippen molar-refractivity contribution >= 4 is 17.4 Å². The first kappa shape index (κ1) is 8.47. The topological polar surface area (TPSA) is 3.24 Å². The maximum Gasteiger partial charge on any atom is 0.0361 e. The van der Waals surface area contributed by atoms with Gasteiger partial charge in [0.1, 0.15) is 0 Å². The molecule has 11 heavy (non-hydrogen) atoms. The minimum Gasteiger partial charge on any atom is -0.378 e. The first-order chi connectivity index (χ1) is 5.24. The van der Waals surface area contributed by atoms with Gasteiger partial charge in [-0.25, -0.2) is 0 Å². The van der Waals surface area contributed by atoms with Gasteiger partial charge < -0.3 is 4.90 Å². The molecule has 0 aliphatic carbocycles. The lowest BCUT2D eigenvalue weighted by Crippen LogP contribution is -2.07. The van der Waals surface area contributed by atoms with Crippen molar-refractivity contribution in [3.05, 3.63) is 24.3 Å². The van der Waals surface area contributed by atoms with Crippen LogP contribution in [0.4, 0.5) is 5.69 Å². The van der Waals surface area contributed by atoms with Crippen LogP contribution in [0.15, 0.2) is 29.2 Å². The van der Waals surface area contributed by atoms with E-state index in [2.05, 4.69) is 35.4 Å². The highest BCUT2D eigenvalue weighted by atomic mass is 32.2. The number of hydrogen-bond acceptors (Lipinski definition) is 2. The van der Waals surface area contributed by atoms with Crippen LogP contribution in [-0.2, 0) is 0 Å². The highest BCUT2D eigenvalue weighted by molar-refractivity contribution is 7.98. The second kappa shape index (κ2) is 3.67. The summed E-state index contributed by atoms with van der Waals surface area (Å²) in [6, 6.07) is 8.54. The van der Waals surface area contributed by atoms with Crippen LogP contribution >= 0.6 is 11.8 Å². The van der Waals surface area contributed by atoms with Crippen molar-refractivity contribution in [1.82, 2.24) is 0 Å². The number of benzene rings is 1. The second-order valence-corrected chi connectivity index (χ2v) is 3.47. The lowest BCUT2D eigenvalue weighted by Gasteiger charge is -2.11. The van der Waals surface area contributed by atoms with Crippen LogP contribution in [0.1, 0.15) is 0 Å². The molecule has 1 rings (SSSR count). The smallest absolute Gasteiger partial charge is 0.0361 e. The minimum atomic E-state index is 1.25. The summed E-state index contributed by atoms with van der Waals surface area (Å²) in [6.45, 7) is 0. The number of nitrogens with zero attached hydrogens (tertiary/aromatic N) is 1. The largest absolute Gasteiger partial charge is 0.378 e. The third-order valence-corrected chi connectivity index (χ3v) is 2.33. The molecular formula is C9H13NS. The van der Waals surface area contributed by atoms with Crippen LogP contribution in [0.25, 0.3) is 0 Å². The summed E-state index contributed by atoms with van der Waals surface area (Å²) >= 11 is 1.77. The van der Waals surface area contributed by atoms with Gasteiger partial charge in [0.2, 0.25) is 0 Å². The van der Waals surface area contributed by atoms with Crippen LogP contribution in [0.5, 0.6) is 0 Å². The van der Waals surface area contributed by atoms with E-state index in [1.807, 2.05) is 14.1 Å². The molecule has 0 aromatic heterocycles. The average molecular weight is 167 g/mol. The zero-order chi connectivity index (χ0) is 8.27. The second-order valence-electron chi connectivity index (χ2n) is 2.59. The van der Waals surface area contributed by atoms with E-state index < -0.39 is 0 Å². The molecule has 1 nitrogen and oxygen atoms in total. The highest BCUT2D eigenvalue weighted by Gasteiger charge is 1.93. The predicted molar refractivity (Wildman–Crippen MR) is 52.6 cm³/mol. The van der Waals surface area contributed by atoms with Crippen molar-refractivity contribution < 1.29 is 0 Å². The Morgan fingerprint density at radius 2 is 1.64 bits per heavy atom. The lowest BCUT2D eigenvalue weighted by atomic mass is 10.3.